The van der Waals surface area contributed by atoms with E-state index in [1.54, 1.807) is 11.8 Å². The third-order valence-electron chi connectivity index (χ3n) is 3.40. The maximum Gasteiger partial charge on any atom is 0.242 e. The number of aryl methyl sites for hydroxylation is 2. The van der Waals surface area contributed by atoms with Crippen LogP contribution < -0.4 is 5.32 Å². The number of alkyl halides is 1. The van der Waals surface area contributed by atoms with E-state index in [2.05, 4.69) is 15.4 Å². The van der Waals surface area contributed by atoms with Gasteiger partial charge in [0.15, 0.2) is 5.65 Å². The Morgan fingerprint density at radius 1 is 1.52 bits per heavy atom. The van der Waals surface area contributed by atoms with Crippen molar-refractivity contribution >= 4 is 28.7 Å². The number of nitrogens with one attached hydrogen (secondary N) is 1. The zero-order valence-electron chi connectivity index (χ0n) is 12.7. The first-order valence-corrected chi connectivity index (χ1v) is 7.27. The summed E-state index contributed by atoms with van der Waals surface area (Å²) >= 11 is 5.98. The van der Waals surface area contributed by atoms with E-state index in [1.165, 1.54) is 0 Å². The van der Waals surface area contributed by atoms with E-state index in [0.717, 1.165) is 16.9 Å². The topological polar surface area (TPSA) is 74.0 Å². The van der Waals surface area contributed by atoms with Gasteiger partial charge in [0.1, 0.15) is 17.4 Å². The van der Waals surface area contributed by atoms with Crippen LogP contribution in [0.3, 0.4) is 0 Å². The number of fused-ring (bicyclic) bond motifs is 1. The highest BCUT2D eigenvalue weighted by Gasteiger charge is 2.24. The van der Waals surface area contributed by atoms with E-state index in [1.807, 2.05) is 25.5 Å². The van der Waals surface area contributed by atoms with Gasteiger partial charge >= 0.3 is 0 Å². The summed E-state index contributed by atoms with van der Waals surface area (Å²) in [7, 11) is 3.43. The molecule has 0 spiro atoms. The fourth-order valence-corrected chi connectivity index (χ4v) is 2.57. The molecule has 2 aromatic heterocycles. The summed E-state index contributed by atoms with van der Waals surface area (Å²) in [4.78, 5) is 16.8. The summed E-state index contributed by atoms with van der Waals surface area (Å²) in [5, 5.41) is 7.17. The number of carbonyl (C=O) groups excluding carboxylic acids is 1. The van der Waals surface area contributed by atoms with Crippen LogP contribution >= 0.6 is 11.6 Å². The van der Waals surface area contributed by atoms with Crippen molar-refractivity contribution in [3.63, 3.8) is 0 Å². The average molecular weight is 314 g/mol. The molecule has 1 unspecified atom stereocenters. The van der Waals surface area contributed by atoms with Crippen LogP contribution in [-0.4, -0.2) is 45.5 Å². The van der Waals surface area contributed by atoms with Gasteiger partial charge in [0.25, 0.3) is 0 Å². The van der Waals surface area contributed by atoms with Gasteiger partial charge in [-0.25, -0.2) is 4.98 Å². The third-order valence-corrected chi connectivity index (χ3v) is 3.64. The predicted octanol–water partition coefficient (Wildman–Crippen LogP) is 1.14. The molecule has 0 saturated heterocycles. The largest absolute Gasteiger partial charge is 0.383 e. The van der Waals surface area contributed by atoms with Crippen molar-refractivity contribution in [3.05, 3.63) is 11.5 Å². The Hall–Kier alpha value is -1.60. The molecular formula is C13H20ClN5O2. The van der Waals surface area contributed by atoms with Gasteiger partial charge in [0.2, 0.25) is 5.91 Å². The SMILES string of the molecule is COCCNC(=O)C(C)n1c(CCl)nc2c(C)nn(C)c21. The van der Waals surface area contributed by atoms with Gasteiger partial charge in [-0.05, 0) is 13.8 Å². The highest BCUT2D eigenvalue weighted by Crippen LogP contribution is 2.24. The molecule has 0 aliphatic carbocycles. The maximum absolute atomic E-state index is 12.3. The first kappa shape index (κ1) is 15.8. The number of hydrogen-bond acceptors (Lipinski definition) is 4. The van der Waals surface area contributed by atoms with Crippen LogP contribution in [-0.2, 0) is 22.5 Å². The minimum atomic E-state index is -0.421. The number of methoxy groups -OCH3 is 1. The number of halogens is 1. The number of nitrogens with zero attached hydrogens (tertiary/aromatic N) is 4. The fraction of sp³-hybridized carbons (Fsp3) is 0.615. The molecule has 1 atom stereocenters. The Bertz CT molecular complexity index is 649. The van der Waals surface area contributed by atoms with Crippen molar-refractivity contribution in [1.82, 2.24) is 24.6 Å². The first-order chi connectivity index (χ1) is 10.0. The van der Waals surface area contributed by atoms with Crippen LogP contribution in [0, 0.1) is 6.92 Å². The molecular weight excluding hydrogens is 294 g/mol. The fourth-order valence-electron chi connectivity index (χ4n) is 2.38. The van der Waals surface area contributed by atoms with Crippen LogP contribution in [0.25, 0.3) is 11.2 Å². The molecule has 0 aliphatic rings. The molecule has 1 N–H and O–H groups in total. The third kappa shape index (κ3) is 2.89. The number of imidazole rings is 1. The van der Waals surface area contributed by atoms with Crippen LogP contribution in [0.2, 0.25) is 0 Å². The number of amides is 1. The van der Waals surface area contributed by atoms with Crippen LogP contribution in [0.5, 0.6) is 0 Å². The number of hydrogen-bond donors (Lipinski definition) is 1. The van der Waals surface area contributed by atoms with Crippen molar-refractivity contribution in [2.45, 2.75) is 25.8 Å². The maximum atomic E-state index is 12.3. The Balaban J connectivity index is 2.37. The number of carbonyl (C=O) groups is 1. The van der Waals surface area contributed by atoms with Crippen LogP contribution in [0.1, 0.15) is 24.5 Å². The smallest absolute Gasteiger partial charge is 0.242 e. The minimum absolute atomic E-state index is 0.100. The average Bonchev–Trinajstić information content (AvgIpc) is 2.97. The van der Waals surface area contributed by atoms with E-state index >= 15 is 0 Å². The van der Waals surface area contributed by atoms with Gasteiger partial charge in [-0.3, -0.25) is 14.0 Å². The second-order valence-electron chi connectivity index (χ2n) is 4.87. The van der Waals surface area contributed by atoms with Crippen LogP contribution in [0.4, 0.5) is 0 Å². The van der Waals surface area contributed by atoms with Crippen molar-refractivity contribution in [1.29, 1.82) is 0 Å². The van der Waals surface area contributed by atoms with E-state index in [9.17, 15) is 4.79 Å². The highest BCUT2D eigenvalue weighted by atomic mass is 35.5. The lowest BCUT2D eigenvalue weighted by atomic mass is 10.3. The summed E-state index contributed by atoms with van der Waals surface area (Å²) in [6.45, 7) is 4.66. The van der Waals surface area contributed by atoms with E-state index < -0.39 is 6.04 Å². The molecule has 0 radical (unpaired) electrons. The molecule has 21 heavy (non-hydrogen) atoms. The van der Waals surface area contributed by atoms with Gasteiger partial charge in [0.05, 0.1) is 18.2 Å². The monoisotopic (exact) mass is 313 g/mol. The lowest BCUT2D eigenvalue weighted by Gasteiger charge is -2.16. The molecule has 0 aromatic carbocycles. The Kier molecular flexibility index (Phi) is 4.84. The zero-order valence-corrected chi connectivity index (χ0v) is 13.4. The summed E-state index contributed by atoms with van der Waals surface area (Å²) < 4.78 is 8.50. The molecule has 2 heterocycles. The van der Waals surface area contributed by atoms with E-state index in [-0.39, 0.29) is 11.8 Å². The molecule has 0 saturated carbocycles. The highest BCUT2D eigenvalue weighted by molar-refractivity contribution is 6.16. The predicted molar refractivity (Wildman–Crippen MR) is 80.4 cm³/mol. The van der Waals surface area contributed by atoms with Crippen molar-refractivity contribution in [2.24, 2.45) is 7.05 Å². The van der Waals surface area contributed by atoms with E-state index in [4.69, 9.17) is 16.3 Å². The minimum Gasteiger partial charge on any atom is -0.383 e. The van der Waals surface area contributed by atoms with Crippen molar-refractivity contribution in [2.75, 3.05) is 20.3 Å². The molecule has 8 heteroatoms. The molecule has 2 rings (SSSR count). The summed E-state index contributed by atoms with van der Waals surface area (Å²) in [6, 6.07) is -0.421. The van der Waals surface area contributed by atoms with Crippen molar-refractivity contribution < 1.29 is 9.53 Å². The normalized spacial score (nSPS) is 12.8. The Morgan fingerprint density at radius 2 is 2.24 bits per heavy atom. The summed E-state index contributed by atoms with van der Waals surface area (Å²) in [6.07, 6.45) is 0. The molecule has 0 fully saturated rings. The van der Waals surface area contributed by atoms with Gasteiger partial charge in [-0.1, -0.05) is 0 Å². The van der Waals surface area contributed by atoms with Gasteiger partial charge in [-0.15, -0.1) is 11.6 Å². The lowest BCUT2D eigenvalue weighted by molar-refractivity contribution is -0.124. The first-order valence-electron chi connectivity index (χ1n) is 6.74. The van der Waals surface area contributed by atoms with Gasteiger partial charge in [0, 0.05) is 20.7 Å². The standard InChI is InChI=1S/C13H20ClN5O2/c1-8-11-13(18(3)17-8)19(10(7-14)16-11)9(2)12(20)15-5-6-21-4/h9H,5-7H2,1-4H3,(H,15,20). The second kappa shape index (κ2) is 6.44. The molecule has 0 bridgehead atoms. The number of rotatable bonds is 6. The molecule has 1 amide bonds. The number of aromatic nitrogens is 4. The second-order valence-corrected chi connectivity index (χ2v) is 5.14. The summed E-state index contributed by atoms with van der Waals surface area (Å²) in [5.74, 6) is 0.804. The van der Waals surface area contributed by atoms with E-state index in [0.29, 0.717) is 19.0 Å². The summed E-state index contributed by atoms with van der Waals surface area (Å²) in [5.41, 5.74) is 2.41. The van der Waals surface area contributed by atoms with Gasteiger partial charge in [-0.2, -0.15) is 5.10 Å². The Labute approximate surface area is 128 Å². The van der Waals surface area contributed by atoms with Crippen molar-refractivity contribution in [3.8, 4) is 0 Å². The zero-order chi connectivity index (χ0) is 15.6. The molecule has 0 aliphatic heterocycles. The Morgan fingerprint density at radius 3 is 2.86 bits per heavy atom. The lowest BCUT2D eigenvalue weighted by Crippen LogP contribution is -2.34. The molecule has 2 aromatic rings. The molecule has 116 valence electrons. The number of ether oxygens (including phenoxy) is 1. The molecule has 7 nitrogen and oxygen atoms in total. The quantitative estimate of drug-likeness (QED) is 0.641. The van der Waals surface area contributed by atoms with Crippen LogP contribution in [0.15, 0.2) is 0 Å². The van der Waals surface area contributed by atoms with Gasteiger partial charge < -0.3 is 10.1 Å².